The van der Waals surface area contributed by atoms with Gasteiger partial charge in [-0.15, -0.1) is 0 Å². The first-order valence-corrected chi connectivity index (χ1v) is 14.7. The van der Waals surface area contributed by atoms with Crippen molar-refractivity contribution in [3.05, 3.63) is 23.5 Å². The average molecular weight is 579 g/mol. The third kappa shape index (κ3) is 6.46. The number of benzene rings is 1. The summed E-state index contributed by atoms with van der Waals surface area (Å²) in [6.07, 6.45) is 4.96. The van der Waals surface area contributed by atoms with Crippen molar-refractivity contribution >= 4 is 17.8 Å². The first kappa shape index (κ1) is 31.0. The number of carbonyl (C=O) groups is 3. The van der Waals surface area contributed by atoms with Crippen LogP contribution in [-0.2, 0) is 14.3 Å². The van der Waals surface area contributed by atoms with E-state index in [2.05, 4.69) is 5.32 Å². The summed E-state index contributed by atoms with van der Waals surface area (Å²) >= 11 is 0. The zero-order valence-corrected chi connectivity index (χ0v) is 25.1. The summed E-state index contributed by atoms with van der Waals surface area (Å²) in [5.74, 6) is -2.66. The number of esters is 1. The van der Waals surface area contributed by atoms with Crippen LogP contribution in [0.15, 0.2) is 12.1 Å². The lowest BCUT2D eigenvalue weighted by atomic mass is 9.75. The van der Waals surface area contributed by atoms with Crippen LogP contribution in [0.5, 0.6) is 11.5 Å². The maximum atomic E-state index is 15.1. The fourth-order valence-electron chi connectivity index (χ4n) is 6.76. The number of hydrogen-bond donors (Lipinski definition) is 1. The molecule has 3 fully saturated rings. The molecule has 2 amide bonds. The van der Waals surface area contributed by atoms with Gasteiger partial charge in [0.05, 0.1) is 43.8 Å². The highest BCUT2D eigenvalue weighted by atomic mass is 19.2. The molecule has 0 spiro atoms. The van der Waals surface area contributed by atoms with E-state index >= 15 is 8.87 Å². The van der Waals surface area contributed by atoms with Gasteiger partial charge in [0.15, 0.2) is 11.6 Å². The molecule has 41 heavy (non-hydrogen) atoms. The fourth-order valence-corrected chi connectivity index (χ4v) is 6.76. The van der Waals surface area contributed by atoms with Gasteiger partial charge < -0.3 is 19.5 Å². The van der Waals surface area contributed by atoms with E-state index in [1.165, 1.54) is 20.3 Å². The molecular formula is C31H44F2N2O6. The predicted octanol–water partition coefficient (Wildman–Crippen LogP) is 5.63. The summed E-state index contributed by atoms with van der Waals surface area (Å²) in [6.45, 7) is 7.63. The normalized spacial score (nSPS) is 29.1. The molecule has 2 bridgehead atoms. The molecular weight excluding hydrogens is 534 g/mol. The lowest BCUT2D eigenvalue weighted by Crippen LogP contribution is -2.50. The minimum atomic E-state index is -0.667. The second-order valence-corrected chi connectivity index (χ2v) is 13.1. The lowest BCUT2D eigenvalue weighted by Gasteiger charge is -2.35. The van der Waals surface area contributed by atoms with Crippen molar-refractivity contribution in [1.29, 1.82) is 0 Å². The molecule has 3 saturated carbocycles. The van der Waals surface area contributed by atoms with Crippen molar-refractivity contribution in [2.45, 2.75) is 91.2 Å². The molecule has 0 saturated heterocycles. The molecule has 4 rings (SSSR count). The Hall–Kier alpha value is -2.91. The minimum Gasteiger partial charge on any atom is -0.496 e. The van der Waals surface area contributed by atoms with E-state index in [1.807, 2.05) is 27.7 Å². The monoisotopic (exact) mass is 578 g/mol. The summed E-state index contributed by atoms with van der Waals surface area (Å²) in [5, 5.41) is 3.31. The van der Waals surface area contributed by atoms with Crippen LogP contribution < -0.4 is 14.8 Å². The molecule has 0 heterocycles. The average Bonchev–Trinajstić information content (AvgIpc) is 3.56. The number of halogens is 2. The molecule has 10 heteroatoms. The van der Waals surface area contributed by atoms with Crippen LogP contribution in [0.1, 0.15) is 89.4 Å². The van der Waals surface area contributed by atoms with Crippen molar-refractivity contribution < 1.29 is 37.5 Å². The van der Waals surface area contributed by atoms with Crippen LogP contribution in [-0.4, -0.2) is 55.8 Å². The third-order valence-corrected chi connectivity index (χ3v) is 9.77. The molecule has 1 N–H and O–H groups in total. The standard InChI is InChI=1S/C31H44F2N2O6/c1-7-30(2,3)17-35(33)28(37)25-18-8-9-19(14-18)26(25)34-27(36)21-15-24(22(32)16-23(21)39-5)41-20-10-12-31(4,13-11-20)29(38)40-6/h15-16,18-20,25-26H,7-14,17H2,1-6H3,(H,34,36)/t18-,19+,20?,25+,26-,31?/m1/s1. The molecule has 3 aliphatic carbocycles. The van der Waals surface area contributed by atoms with E-state index in [4.69, 9.17) is 14.2 Å². The number of ether oxygens (including phenoxy) is 3. The van der Waals surface area contributed by atoms with E-state index < -0.39 is 35.0 Å². The number of methoxy groups -OCH3 is 2. The maximum absolute atomic E-state index is 15.1. The Morgan fingerprint density at radius 1 is 1.07 bits per heavy atom. The van der Waals surface area contributed by atoms with Gasteiger partial charge in [-0.05, 0) is 81.6 Å². The van der Waals surface area contributed by atoms with Crippen LogP contribution >= 0.6 is 0 Å². The van der Waals surface area contributed by atoms with Gasteiger partial charge in [0.2, 0.25) is 0 Å². The quantitative estimate of drug-likeness (QED) is 0.286. The van der Waals surface area contributed by atoms with E-state index in [1.54, 1.807) is 0 Å². The maximum Gasteiger partial charge on any atom is 0.311 e. The minimum absolute atomic E-state index is 0.0106. The predicted molar refractivity (Wildman–Crippen MR) is 148 cm³/mol. The van der Waals surface area contributed by atoms with Gasteiger partial charge in [-0.1, -0.05) is 25.3 Å². The topological polar surface area (TPSA) is 94.2 Å². The molecule has 0 unspecified atom stereocenters. The number of rotatable bonds is 10. The molecule has 1 aromatic rings. The highest BCUT2D eigenvalue weighted by Crippen LogP contribution is 2.49. The van der Waals surface area contributed by atoms with Gasteiger partial charge in [0.1, 0.15) is 5.75 Å². The third-order valence-electron chi connectivity index (χ3n) is 9.77. The van der Waals surface area contributed by atoms with Crippen molar-refractivity contribution in [3.63, 3.8) is 0 Å². The lowest BCUT2D eigenvalue weighted by molar-refractivity contribution is -0.157. The summed E-state index contributed by atoms with van der Waals surface area (Å²) in [4.78, 5) is 39.0. The van der Waals surface area contributed by atoms with Crippen LogP contribution in [0.3, 0.4) is 0 Å². The van der Waals surface area contributed by atoms with Gasteiger partial charge in [-0.3, -0.25) is 14.4 Å². The van der Waals surface area contributed by atoms with E-state index in [9.17, 15) is 14.4 Å². The van der Waals surface area contributed by atoms with Crippen molar-refractivity contribution in [2.24, 2.45) is 28.6 Å². The van der Waals surface area contributed by atoms with Gasteiger partial charge in [0.25, 0.3) is 11.8 Å². The molecule has 0 aromatic heterocycles. The van der Waals surface area contributed by atoms with E-state index in [0.717, 1.165) is 31.7 Å². The Kier molecular flexibility index (Phi) is 9.19. The number of hydrogen-bond acceptors (Lipinski definition) is 6. The van der Waals surface area contributed by atoms with Crippen LogP contribution in [0, 0.1) is 34.4 Å². The number of carbonyl (C=O) groups excluding carboxylic acids is 3. The summed E-state index contributed by atoms with van der Waals surface area (Å²) in [5.41, 5.74) is -0.888. The molecule has 0 radical (unpaired) electrons. The SMILES string of the molecule is CCC(C)(C)CN(F)C(=O)[C@H]1[C@@H]2CC[C@@H](C2)[C@H]1NC(=O)c1cc(OC2CCC(C)(C(=O)OC)CC2)c(F)cc1OC. The highest BCUT2D eigenvalue weighted by Gasteiger charge is 2.53. The molecule has 228 valence electrons. The summed E-state index contributed by atoms with van der Waals surface area (Å²) in [7, 11) is 2.71. The van der Waals surface area contributed by atoms with Gasteiger partial charge in [0, 0.05) is 12.1 Å². The van der Waals surface area contributed by atoms with Crippen LogP contribution in [0.2, 0.25) is 0 Å². The first-order valence-electron chi connectivity index (χ1n) is 14.7. The number of nitrogens with one attached hydrogen (secondary N) is 1. The number of amides is 2. The van der Waals surface area contributed by atoms with E-state index in [0.29, 0.717) is 30.8 Å². The smallest absolute Gasteiger partial charge is 0.311 e. The Bertz CT molecular complexity index is 1150. The van der Waals surface area contributed by atoms with E-state index in [-0.39, 0.29) is 52.9 Å². The molecule has 4 atom stereocenters. The Morgan fingerprint density at radius 3 is 2.34 bits per heavy atom. The second-order valence-electron chi connectivity index (χ2n) is 13.1. The number of fused-ring (bicyclic) bond motifs is 2. The zero-order valence-electron chi connectivity index (χ0n) is 25.1. The zero-order chi connectivity index (χ0) is 30.1. The largest absolute Gasteiger partial charge is 0.496 e. The molecule has 8 nitrogen and oxygen atoms in total. The first-order chi connectivity index (χ1) is 19.3. The molecule has 3 aliphatic rings. The molecule has 1 aromatic carbocycles. The van der Waals surface area contributed by atoms with Crippen LogP contribution in [0.25, 0.3) is 0 Å². The number of nitrogens with zero attached hydrogens (tertiary/aromatic N) is 1. The van der Waals surface area contributed by atoms with Crippen molar-refractivity contribution in [1.82, 2.24) is 10.4 Å². The summed E-state index contributed by atoms with van der Waals surface area (Å²) < 4.78 is 46.3. The fraction of sp³-hybridized carbons (Fsp3) is 0.710. The Labute approximate surface area is 241 Å². The Morgan fingerprint density at radius 2 is 1.73 bits per heavy atom. The molecule has 0 aliphatic heterocycles. The second kappa shape index (κ2) is 12.1. The highest BCUT2D eigenvalue weighted by molar-refractivity contribution is 5.98. The van der Waals surface area contributed by atoms with Gasteiger partial charge in [-0.2, -0.15) is 5.12 Å². The van der Waals surface area contributed by atoms with Crippen LogP contribution in [0.4, 0.5) is 8.87 Å². The van der Waals surface area contributed by atoms with Crippen molar-refractivity contribution in [3.8, 4) is 11.5 Å². The Balaban J connectivity index is 1.49. The van der Waals surface area contributed by atoms with Crippen molar-refractivity contribution in [2.75, 3.05) is 20.8 Å². The van der Waals surface area contributed by atoms with Gasteiger partial charge >= 0.3 is 5.97 Å². The summed E-state index contributed by atoms with van der Waals surface area (Å²) in [6, 6.07) is 1.92. The van der Waals surface area contributed by atoms with Gasteiger partial charge in [-0.25, -0.2) is 4.39 Å².